The van der Waals surface area contributed by atoms with Crippen LogP contribution in [0.25, 0.3) is 0 Å². The van der Waals surface area contributed by atoms with Crippen molar-refractivity contribution in [2.45, 2.75) is 70.4 Å². The molecule has 2 saturated carbocycles. The largest absolute Gasteiger partial charge is 0.394 e. The lowest BCUT2D eigenvalue weighted by atomic mass is 10.0. The van der Waals surface area contributed by atoms with E-state index in [0.717, 1.165) is 24.7 Å². The van der Waals surface area contributed by atoms with Gasteiger partial charge in [0.05, 0.1) is 0 Å². The van der Waals surface area contributed by atoms with E-state index in [1.165, 1.54) is 51.0 Å². The number of rotatable bonds is 7. The highest BCUT2D eigenvalue weighted by Crippen LogP contribution is 2.46. The zero-order valence-electron chi connectivity index (χ0n) is 11.5. The summed E-state index contributed by atoms with van der Waals surface area (Å²) in [6, 6.07) is 1.28. The van der Waals surface area contributed by atoms with Crippen LogP contribution in [0, 0.1) is 5.92 Å². The Labute approximate surface area is 107 Å². The van der Waals surface area contributed by atoms with Crippen LogP contribution >= 0.6 is 0 Å². The summed E-state index contributed by atoms with van der Waals surface area (Å²) in [5.74, 6) is 0.932. The molecule has 0 unspecified atom stereocenters. The maximum absolute atomic E-state index is 6.28. The Morgan fingerprint density at radius 1 is 0.882 bits per heavy atom. The fourth-order valence-electron chi connectivity index (χ4n) is 3.32. The highest BCUT2D eigenvalue weighted by molar-refractivity contribution is 6.69. The van der Waals surface area contributed by atoms with Crippen LogP contribution in [0.5, 0.6) is 0 Å². The molecule has 0 N–H and O–H groups in total. The molecular weight excluding hydrogens is 228 g/mol. The minimum atomic E-state index is -1.90. The van der Waals surface area contributed by atoms with Crippen LogP contribution < -0.4 is 0 Å². The highest BCUT2D eigenvalue weighted by atomic mass is 28.4. The molecule has 100 valence electrons. The quantitative estimate of drug-likeness (QED) is 0.634. The minimum absolute atomic E-state index is 0.775. The zero-order chi connectivity index (χ0) is 12.1. The first-order valence-electron chi connectivity index (χ1n) is 7.58. The second-order valence-electron chi connectivity index (χ2n) is 5.66. The first kappa shape index (κ1) is 13.6. The van der Waals surface area contributed by atoms with Gasteiger partial charge in [-0.1, -0.05) is 32.1 Å². The molecule has 17 heavy (non-hydrogen) atoms. The average Bonchev–Trinajstić information content (AvgIpc) is 3.15. The van der Waals surface area contributed by atoms with E-state index in [0.29, 0.717) is 0 Å². The molecule has 0 heterocycles. The molecule has 0 spiro atoms. The molecule has 0 atom stereocenters. The van der Waals surface area contributed by atoms with Gasteiger partial charge in [-0.05, 0) is 38.7 Å². The molecule has 2 aliphatic carbocycles. The van der Waals surface area contributed by atoms with Gasteiger partial charge in [0.25, 0.3) is 0 Å². The Hall–Kier alpha value is 0.137. The van der Waals surface area contributed by atoms with Gasteiger partial charge < -0.3 is 8.85 Å². The zero-order valence-corrected chi connectivity index (χ0v) is 12.5. The SMILES string of the molecule is CCO[Si](CC1CC1)(OCC)C1CCCCC1. The lowest BCUT2D eigenvalue weighted by Gasteiger charge is -2.39. The fraction of sp³-hybridized carbons (Fsp3) is 1.00. The maximum atomic E-state index is 6.28. The third-order valence-corrected chi connectivity index (χ3v) is 8.80. The van der Waals surface area contributed by atoms with Gasteiger partial charge in [0.1, 0.15) is 0 Å². The third kappa shape index (κ3) is 3.55. The van der Waals surface area contributed by atoms with Gasteiger partial charge >= 0.3 is 8.56 Å². The molecule has 3 heteroatoms. The van der Waals surface area contributed by atoms with E-state index >= 15 is 0 Å². The van der Waals surface area contributed by atoms with E-state index < -0.39 is 8.56 Å². The molecule has 0 saturated heterocycles. The molecule has 0 aromatic carbocycles. The summed E-state index contributed by atoms with van der Waals surface area (Å²) in [6.07, 6.45) is 9.76. The predicted molar refractivity (Wildman–Crippen MR) is 73.4 cm³/mol. The van der Waals surface area contributed by atoms with E-state index in [-0.39, 0.29) is 0 Å². The molecule has 0 aromatic heterocycles. The maximum Gasteiger partial charge on any atom is 0.341 e. The third-order valence-electron chi connectivity index (χ3n) is 4.27. The van der Waals surface area contributed by atoms with E-state index in [1.807, 2.05) is 0 Å². The minimum Gasteiger partial charge on any atom is -0.394 e. The van der Waals surface area contributed by atoms with Gasteiger partial charge in [0.2, 0.25) is 0 Å². The summed E-state index contributed by atoms with van der Waals surface area (Å²) in [7, 11) is -1.90. The standard InChI is InChI=1S/C14H28O2Si/c1-3-15-17(16-4-2,12-13-10-11-13)14-8-6-5-7-9-14/h13-14H,3-12H2,1-2H3. The average molecular weight is 256 g/mol. The lowest BCUT2D eigenvalue weighted by Crippen LogP contribution is -2.48. The van der Waals surface area contributed by atoms with Crippen molar-refractivity contribution in [3.8, 4) is 0 Å². The molecule has 0 amide bonds. The van der Waals surface area contributed by atoms with Crippen molar-refractivity contribution in [3.63, 3.8) is 0 Å². The summed E-state index contributed by atoms with van der Waals surface area (Å²) in [5, 5.41) is 0. The van der Waals surface area contributed by atoms with Crippen LogP contribution in [0.1, 0.15) is 58.8 Å². The van der Waals surface area contributed by atoms with Crippen LogP contribution in [0.3, 0.4) is 0 Å². The van der Waals surface area contributed by atoms with Gasteiger partial charge in [0, 0.05) is 18.8 Å². The monoisotopic (exact) mass is 256 g/mol. The summed E-state index contributed by atoms with van der Waals surface area (Å²) in [4.78, 5) is 0. The Bertz CT molecular complexity index is 216. The molecule has 2 aliphatic rings. The van der Waals surface area contributed by atoms with Crippen molar-refractivity contribution in [3.05, 3.63) is 0 Å². The van der Waals surface area contributed by atoms with Gasteiger partial charge in [-0.3, -0.25) is 0 Å². The highest BCUT2D eigenvalue weighted by Gasteiger charge is 2.49. The predicted octanol–water partition coefficient (Wildman–Crippen LogP) is 4.25. The van der Waals surface area contributed by atoms with Crippen molar-refractivity contribution in [2.24, 2.45) is 5.92 Å². The Kier molecular flexibility index (Phi) is 5.06. The van der Waals surface area contributed by atoms with Crippen molar-refractivity contribution in [2.75, 3.05) is 13.2 Å². The fourth-order valence-corrected chi connectivity index (χ4v) is 7.92. The van der Waals surface area contributed by atoms with E-state index in [4.69, 9.17) is 8.85 Å². The molecule has 2 rings (SSSR count). The second-order valence-corrected chi connectivity index (χ2v) is 9.09. The van der Waals surface area contributed by atoms with Gasteiger partial charge in [-0.2, -0.15) is 0 Å². The number of hydrogen-bond acceptors (Lipinski definition) is 2. The smallest absolute Gasteiger partial charge is 0.341 e. The van der Waals surface area contributed by atoms with Crippen molar-refractivity contribution < 1.29 is 8.85 Å². The summed E-state index contributed by atoms with van der Waals surface area (Å²) >= 11 is 0. The van der Waals surface area contributed by atoms with E-state index in [2.05, 4.69) is 13.8 Å². The first-order valence-corrected chi connectivity index (χ1v) is 9.68. The Morgan fingerprint density at radius 2 is 1.47 bits per heavy atom. The van der Waals surface area contributed by atoms with Crippen molar-refractivity contribution >= 4 is 8.56 Å². The van der Waals surface area contributed by atoms with Gasteiger partial charge in [-0.15, -0.1) is 0 Å². The van der Waals surface area contributed by atoms with E-state index in [1.54, 1.807) is 0 Å². The van der Waals surface area contributed by atoms with E-state index in [9.17, 15) is 0 Å². The molecule has 0 radical (unpaired) electrons. The Morgan fingerprint density at radius 3 is 1.94 bits per heavy atom. The van der Waals surface area contributed by atoms with Gasteiger partial charge in [-0.25, -0.2) is 0 Å². The summed E-state index contributed by atoms with van der Waals surface area (Å²) < 4.78 is 12.6. The topological polar surface area (TPSA) is 18.5 Å². The Balaban J connectivity index is 2.04. The van der Waals surface area contributed by atoms with Crippen LogP contribution in [-0.4, -0.2) is 21.8 Å². The molecule has 0 aliphatic heterocycles. The van der Waals surface area contributed by atoms with Crippen molar-refractivity contribution in [1.82, 2.24) is 0 Å². The lowest BCUT2D eigenvalue weighted by molar-refractivity contribution is 0.162. The van der Waals surface area contributed by atoms with Crippen LogP contribution in [0.2, 0.25) is 11.6 Å². The molecule has 0 bridgehead atoms. The second kappa shape index (κ2) is 6.35. The van der Waals surface area contributed by atoms with Crippen LogP contribution in [0.4, 0.5) is 0 Å². The van der Waals surface area contributed by atoms with Gasteiger partial charge in [0.15, 0.2) is 0 Å². The molecule has 2 nitrogen and oxygen atoms in total. The van der Waals surface area contributed by atoms with Crippen molar-refractivity contribution in [1.29, 1.82) is 0 Å². The summed E-state index contributed by atoms with van der Waals surface area (Å²) in [5.41, 5.74) is 0.775. The normalized spacial score (nSPS) is 22.9. The molecule has 2 fully saturated rings. The first-order chi connectivity index (χ1) is 8.30. The summed E-state index contributed by atoms with van der Waals surface area (Å²) in [6.45, 7) is 5.96. The van der Waals surface area contributed by atoms with Crippen LogP contribution in [-0.2, 0) is 8.85 Å². The molecule has 0 aromatic rings. The number of hydrogen-bond donors (Lipinski definition) is 0. The van der Waals surface area contributed by atoms with Crippen LogP contribution in [0.15, 0.2) is 0 Å². The molecular formula is C14H28O2Si.